The highest BCUT2D eigenvalue weighted by atomic mass is 19.1. The topological polar surface area (TPSA) is 101 Å². The molecular weight excluding hydrogens is 468 g/mol. The molecule has 3 N–H and O–H groups in total. The highest BCUT2D eigenvalue weighted by Crippen LogP contribution is 2.25. The number of ether oxygens (including phenoxy) is 1. The normalized spacial score (nSPS) is 18.2. The Morgan fingerprint density at radius 2 is 1.58 bits per heavy atom. The number of hydrogen-bond acceptors (Lipinski definition) is 5. The van der Waals surface area contributed by atoms with Gasteiger partial charge in [-0.2, -0.15) is 0 Å². The van der Waals surface area contributed by atoms with Crippen molar-refractivity contribution in [3.05, 3.63) is 89.6 Å². The summed E-state index contributed by atoms with van der Waals surface area (Å²) in [5.41, 5.74) is 0.806. The predicted octanol–water partition coefficient (Wildman–Crippen LogP) is 3.91. The van der Waals surface area contributed by atoms with Gasteiger partial charge in [0.1, 0.15) is 29.1 Å². The van der Waals surface area contributed by atoms with Crippen LogP contribution in [0.5, 0.6) is 11.6 Å². The molecule has 4 rings (SSSR count). The first-order valence-corrected chi connectivity index (χ1v) is 11.8. The number of aromatic nitrogens is 1. The summed E-state index contributed by atoms with van der Waals surface area (Å²) in [6, 6.07) is 15.2. The monoisotopic (exact) mass is 495 g/mol. The van der Waals surface area contributed by atoms with Crippen molar-refractivity contribution < 1.29 is 28.2 Å². The summed E-state index contributed by atoms with van der Waals surface area (Å²) in [5, 5.41) is 16.0. The molecule has 0 unspecified atom stereocenters. The van der Waals surface area contributed by atoms with Gasteiger partial charge in [0.25, 0.3) is 5.91 Å². The van der Waals surface area contributed by atoms with Gasteiger partial charge >= 0.3 is 0 Å². The van der Waals surface area contributed by atoms with Crippen LogP contribution >= 0.6 is 0 Å². The highest BCUT2D eigenvalue weighted by molar-refractivity contribution is 5.96. The van der Waals surface area contributed by atoms with Gasteiger partial charge in [-0.3, -0.25) is 9.59 Å². The quantitative estimate of drug-likeness (QED) is 0.440. The fraction of sp³-hybridized carbons (Fsp3) is 0.296. The number of carbonyl (C=O) groups excluding carboxylic acids is 2. The first-order valence-electron chi connectivity index (χ1n) is 11.8. The van der Waals surface area contributed by atoms with Gasteiger partial charge in [0.2, 0.25) is 11.8 Å². The number of amides is 2. The van der Waals surface area contributed by atoms with Gasteiger partial charge in [-0.25, -0.2) is 13.8 Å². The number of nitrogens with one attached hydrogen (secondary N) is 2. The minimum atomic E-state index is -1.13. The molecular formula is C27H27F2N3O4. The second-order valence-electron chi connectivity index (χ2n) is 8.80. The lowest BCUT2D eigenvalue weighted by molar-refractivity contribution is -0.130. The molecule has 0 radical (unpaired) electrons. The van der Waals surface area contributed by atoms with Crippen molar-refractivity contribution in [1.29, 1.82) is 0 Å². The average molecular weight is 496 g/mol. The number of benzene rings is 2. The molecule has 1 saturated carbocycles. The first-order chi connectivity index (χ1) is 17.4. The van der Waals surface area contributed by atoms with Gasteiger partial charge in [0.05, 0.1) is 6.20 Å². The molecule has 1 aliphatic carbocycles. The summed E-state index contributed by atoms with van der Waals surface area (Å²) in [6.45, 7) is 0. The van der Waals surface area contributed by atoms with Gasteiger partial charge in [0, 0.05) is 18.5 Å². The second-order valence-corrected chi connectivity index (χ2v) is 8.80. The van der Waals surface area contributed by atoms with Crippen LogP contribution in [0.15, 0.2) is 66.9 Å². The van der Waals surface area contributed by atoms with Crippen LogP contribution in [0, 0.1) is 11.6 Å². The van der Waals surface area contributed by atoms with Crippen LogP contribution in [0.1, 0.15) is 41.6 Å². The van der Waals surface area contributed by atoms with Crippen LogP contribution in [0.3, 0.4) is 0 Å². The van der Waals surface area contributed by atoms with Gasteiger partial charge < -0.3 is 20.5 Å². The largest absolute Gasteiger partial charge is 0.438 e. The van der Waals surface area contributed by atoms with Crippen LogP contribution in [0.4, 0.5) is 8.78 Å². The number of nitrogens with zero attached hydrogens (tertiary/aromatic N) is 1. The zero-order valence-electron chi connectivity index (χ0n) is 19.5. The van der Waals surface area contributed by atoms with E-state index in [0.29, 0.717) is 25.7 Å². The number of aliphatic hydroxyl groups is 1. The molecule has 0 aliphatic heterocycles. The molecule has 1 aromatic heterocycles. The Bertz CT molecular complexity index is 1180. The minimum Gasteiger partial charge on any atom is -0.438 e. The molecule has 2 amide bonds. The number of halogens is 2. The van der Waals surface area contributed by atoms with E-state index in [-0.39, 0.29) is 35.7 Å². The van der Waals surface area contributed by atoms with Gasteiger partial charge in [-0.05, 0) is 61.6 Å². The zero-order chi connectivity index (χ0) is 25.5. The molecule has 7 nitrogen and oxygen atoms in total. The van der Waals surface area contributed by atoms with E-state index in [4.69, 9.17) is 4.74 Å². The summed E-state index contributed by atoms with van der Waals surface area (Å²) >= 11 is 0. The molecule has 0 spiro atoms. The van der Waals surface area contributed by atoms with Crippen molar-refractivity contribution in [1.82, 2.24) is 15.6 Å². The minimum absolute atomic E-state index is 0.0706. The van der Waals surface area contributed by atoms with Crippen molar-refractivity contribution >= 4 is 11.8 Å². The van der Waals surface area contributed by atoms with Crippen molar-refractivity contribution in [2.45, 2.75) is 50.3 Å². The summed E-state index contributed by atoms with van der Waals surface area (Å²) in [7, 11) is 0. The maximum atomic E-state index is 13.8. The maximum Gasteiger partial charge on any atom is 0.257 e. The fourth-order valence-corrected chi connectivity index (χ4v) is 4.16. The number of rotatable bonds is 8. The molecule has 9 heteroatoms. The predicted molar refractivity (Wildman–Crippen MR) is 128 cm³/mol. The van der Waals surface area contributed by atoms with Crippen LogP contribution in [0.25, 0.3) is 0 Å². The van der Waals surface area contributed by atoms with E-state index in [1.54, 1.807) is 0 Å². The lowest BCUT2D eigenvalue weighted by atomic mass is 9.90. The Hall–Kier alpha value is -3.85. The van der Waals surface area contributed by atoms with Crippen molar-refractivity contribution in [3.63, 3.8) is 0 Å². The Morgan fingerprint density at radius 3 is 2.25 bits per heavy atom. The standard InChI is InChI=1S/C27H27F2N3O4/c28-18-6-12-22(13-7-18)36-27-23(15-19(29)16-30-27)25(34)31-20-8-10-21(11-9-20)32-26(35)24(33)14-17-4-2-1-3-5-17/h1-7,12-13,15-16,20-21,24,33H,8-11,14H2,(H,31,34)(H,32,35)/t20?,21?,24-/m0/s1. The summed E-state index contributed by atoms with van der Waals surface area (Å²) in [6.07, 6.45) is 2.48. The molecule has 188 valence electrons. The molecule has 36 heavy (non-hydrogen) atoms. The first kappa shape index (κ1) is 25.2. The zero-order valence-corrected chi connectivity index (χ0v) is 19.5. The number of carbonyl (C=O) groups is 2. The third-order valence-electron chi connectivity index (χ3n) is 6.07. The second kappa shape index (κ2) is 11.7. The van der Waals surface area contributed by atoms with E-state index in [1.165, 1.54) is 24.3 Å². The Kier molecular flexibility index (Phi) is 8.22. The third-order valence-corrected chi connectivity index (χ3v) is 6.07. The molecule has 0 bridgehead atoms. The van der Waals surface area contributed by atoms with Crippen molar-refractivity contribution in [2.75, 3.05) is 0 Å². The van der Waals surface area contributed by atoms with Crippen LogP contribution in [0.2, 0.25) is 0 Å². The lowest BCUT2D eigenvalue weighted by Crippen LogP contribution is -2.46. The highest BCUT2D eigenvalue weighted by Gasteiger charge is 2.27. The molecule has 1 fully saturated rings. The van der Waals surface area contributed by atoms with Crippen LogP contribution < -0.4 is 15.4 Å². The molecule has 1 heterocycles. The van der Waals surface area contributed by atoms with Crippen LogP contribution in [-0.4, -0.2) is 40.1 Å². The number of pyridine rings is 1. The van der Waals surface area contributed by atoms with Crippen molar-refractivity contribution in [3.8, 4) is 11.6 Å². The molecule has 3 aromatic rings. The number of aliphatic hydroxyl groups excluding tert-OH is 1. The van der Waals surface area contributed by atoms with E-state index in [1.807, 2.05) is 30.3 Å². The van der Waals surface area contributed by atoms with Gasteiger partial charge in [0.15, 0.2) is 0 Å². The summed E-state index contributed by atoms with van der Waals surface area (Å²) in [4.78, 5) is 29.2. The van der Waals surface area contributed by atoms with E-state index in [0.717, 1.165) is 17.8 Å². The van der Waals surface area contributed by atoms with Gasteiger partial charge in [-0.1, -0.05) is 30.3 Å². The van der Waals surface area contributed by atoms with E-state index >= 15 is 0 Å². The molecule has 2 aromatic carbocycles. The van der Waals surface area contributed by atoms with Crippen LogP contribution in [-0.2, 0) is 11.2 Å². The summed E-state index contributed by atoms with van der Waals surface area (Å²) in [5.74, 6) is -1.91. The molecule has 0 saturated heterocycles. The Morgan fingerprint density at radius 1 is 0.944 bits per heavy atom. The number of hydrogen-bond donors (Lipinski definition) is 3. The smallest absolute Gasteiger partial charge is 0.257 e. The Labute approximate surface area is 207 Å². The Balaban J connectivity index is 1.29. The third kappa shape index (κ3) is 6.85. The van der Waals surface area contributed by atoms with Gasteiger partial charge in [-0.15, -0.1) is 0 Å². The molecule has 1 atom stereocenters. The lowest BCUT2D eigenvalue weighted by Gasteiger charge is -2.30. The summed E-state index contributed by atoms with van der Waals surface area (Å²) < 4.78 is 32.6. The maximum absolute atomic E-state index is 13.8. The van der Waals surface area contributed by atoms with Crippen molar-refractivity contribution in [2.24, 2.45) is 0 Å². The average Bonchev–Trinajstić information content (AvgIpc) is 2.88. The molecule has 1 aliphatic rings. The van der Waals surface area contributed by atoms with E-state index in [9.17, 15) is 23.5 Å². The van der Waals surface area contributed by atoms with E-state index < -0.39 is 29.6 Å². The SMILES string of the molecule is O=C(NC1CCC(NC(=O)[C@@H](O)Cc2ccccc2)CC1)c1cc(F)cnc1Oc1ccc(F)cc1. The fourth-order valence-electron chi connectivity index (χ4n) is 4.16. The van der Waals surface area contributed by atoms with E-state index in [2.05, 4.69) is 15.6 Å².